The Bertz CT molecular complexity index is 632. The molecular formula is C11H12ClN5O2. The summed E-state index contributed by atoms with van der Waals surface area (Å²) in [6, 6.07) is 4.12. The fraction of sp³-hybridized carbons (Fsp3) is 0.273. The van der Waals surface area contributed by atoms with E-state index in [9.17, 15) is 10.1 Å². The molecule has 2 rings (SSSR count). The van der Waals surface area contributed by atoms with Crippen molar-refractivity contribution in [3.63, 3.8) is 0 Å². The summed E-state index contributed by atoms with van der Waals surface area (Å²) in [4.78, 5) is 10.3. The van der Waals surface area contributed by atoms with Crippen molar-refractivity contribution in [3.8, 4) is 5.69 Å². The Morgan fingerprint density at radius 1 is 1.47 bits per heavy atom. The zero-order chi connectivity index (χ0) is 14.2. The molecule has 1 aromatic heterocycles. The minimum atomic E-state index is -0.647. The number of non-ortho nitro benzene ring substituents is 1. The molecule has 0 amide bonds. The molecular weight excluding hydrogens is 270 g/mol. The van der Waals surface area contributed by atoms with Gasteiger partial charge in [0.1, 0.15) is 5.69 Å². The predicted molar refractivity (Wildman–Crippen MR) is 70.2 cm³/mol. The molecule has 0 unspecified atom stereocenters. The first-order valence-electron chi connectivity index (χ1n) is 5.45. The number of benzene rings is 1. The first-order chi connectivity index (χ1) is 8.79. The fourth-order valence-electron chi connectivity index (χ4n) is 1.47. The van der Waals surface area contributed by atoms with Crippen LogP contribution in [0.4, 0.5) is 5.69 Å². The maximum atomic E-state index is 10.8. The lowest BCUT2D eigenvalue weighted by Gasteiger charge is -2.13. The highest BCUT2D eigenvalue weighted by atomic mass is 35.5. The molecule has 2 aromatic rings. The predicted octanol–water partition coefficient (Wildman–Crippen LogP) is 2.02. The largest absolute Gasteiger partial charge is 0.320 e. The van der Waals surface area contributed by atoms with Gasteiger partial charge in [-0.15, -0.1) is 5.10 Å². The van der Waals surface area contributed by atoms with E-state index in [-0.39, 0.29) is 5.69 Å². The minimum absolute atomic E-state index is 0.0662. The van der Waals surface area contributed by atoms with Gasteiger partial charge in [0.2, 0.25) is 0 Å². The van der Waals surface area contributed by atoms with Gasteiger partial charge in [-0.3, -0.25) is 10.1 Å². The summed E-state index contributed by atoms with van der Waals surface area (Å²) in [5.41, 5.74) is 6.15. The smallest absolute Gasteiger partial charge is 0.271 e. The number of hydrogen-bond acceptors (Lipinski definition) is 5. The number of aromatic nitrogens is 3. The SMILES string of the molecule is CC(C)(N)c1cn(-c2cc([N+](=O)[O-])ccc2Cl)nn1. The van der Waals surface area contributed by atoms with Crippen molar-refractivity contribution in [3.05, 3.63) is 45.2 Å². The quantitative estimate of drug-likeness (QED) is 0.685. The van der Waals surface area contributed by atoms with E-state index in [2.05, 4.69) is 10.3 Å². The summed E-state index contributed by atoms with van der Waals surface area (Å²) in [7, 11) is 0. The maximum absolute atomic E-state index is 10.8. The van der Waals surface area contributed by atoms with Gasteiger partial charge in [0.15, 0.2) is 0 Å². The summed E-state index contributed by atoms with van der Waals surface area (Å²) < 4.78 is 1.37. The third kappa shape index (κ3) is 2.72. The number of nitro groups is 1. The third-order valence-corrected chi connectivity index (χ3v) is 2.86. The van der Waals surface area contributed by atoms with E-state index in [0.29, 0.717) is 16.4 Å². The lowest BCUT2D eigenvalue weighted by Crippen LogP contribution is -2.29. The van der Waals surface area contributed by atoms with Crippen LogP contribution in [0.5, 0.6) is 0 Å². The second-order valence-electron chi connectivity index (χ2n) is 4.66. The topological polar surface area (TPSA) is 99.9 Å². The van der Waals surface area contributed by atoms with E-state index in [0.717, 1.165) is 0 Å². The molecule has 0 atom stereocenters. The molecule has 0 saturated carbocycles. The van der Waals surface area contributed by atoms with Crippen molar-refractivity contribution in [1.29, 1.82) is 0 Å². The zero-order valence-electron chi connectivity index (χ0n) is 10.4. The molecule has 19 heavy (non-hydrogen) atoms. The molecule has 7 nitrogen and oxygen atoms in total. The highest BCUT2D eigenvalue weighted by Crippen LogP contribution is 2.25. The normalized spacial score (nSPS) is 11.6. The Kier molecular flexibility index (Phi) is 3.25. The fourth-order valence-corrected chi connectivity index (χ4v) is 1.67. The van der Waals surface area contributed by atoms with E-state index >= 15 is 0 Å². The molecule has 0 aliphatic heterocycles. The van der Waals surface area contributed by atoms with Gasteiger partial charge in [-0.05, 0) is 19.9 Å². The molecule has 0 radical (unpaired) electrons. The van der Waals surface area contributed by atoms with E-state index in [1.54, 1.807) is 20.0 Å². The molecule has 8 heteroatoms. The molecule has 0 fully saturated rings. The molecule has 1 heterocycles. The van der Waals surface area contributed by atoms with Gasteiger partial charge in [0.25, 0.3) is 5.69 Å². The van der Waals surface area contributed by atoms with Crippen LogP contribution in [0.2, 0.25) is 5.02 Å². The van der Waals surface area contributed by atoms with Gasteiger partial charge < -0.3 is 5.73 Å². The Morgan fingerprint density at radius 3 is 2.68 bits per heavy atom. The molecule has 0 aliphatic rings. The lowest BCUT2D eigenvalue weighted by atomic mass is 10.0. The molecule has 0 spiro atoms. The molecule has 0 bridgehead atoms. The van der Waals surface area contributed by atoms with Crippen molar-refractivity contribution in [2.75, 3.05) is 0 Å². The van der Waals surface area contributed by atoms with E-state index in [1.165, 1.54) is 22.9 Å². The van der Waals surface area contributed by atoms with E-state index in [1.807, 2.05) is 0 Å². The highest BCUT2D eigenvalue weighted by molar-refractivity contribution is 6.32. The second kappa shape index (κ2) is 4.60. The number of nitrogens with zero attached hydrogens (tertiary/aromatic N) is 4. The summed E-state index contributed by atoms with van der Waals surface area (Å²) in [6.45, 7) is 3.58. The average molecular weight is 282 g/mol. The number of hydrogen-bond donors (Lipinski definition) is 1. The molecule has 0 aliphatic carbocycles. The Morgan fingerprint density at radius 2 is 2.16 bits per heavy atom. The Labute approximate surface area is 114 Å². The van der Waals surface area contributed by atoms with Crippen molar-refractivity contribution in [2.24, 2.45) is 5.73 Å². The van der Waals surface area contributed by atoms with Gasteiger partial charge >= 0.3 is 0 Å². The van der Waals surface area contributed by atoms with Gasteiger partial charge in [-0.25, -0.2) is 4.68 Å². The Balaban J connectivity index is 2.49. The number of rotatable bonds is 3. The number of nitro benzene ring substituents is 1. The summed E-state index contributed by atoms with van der Waals surface area (Å²) in [5, 5.41) is 18.9. The van der Waals surface area contributed by atoms with Crippen molar-refractivity contribution >= 4 is 17.3 Å². The van der Waals surface area contributed by atoms with Crippen LogP contribution in [0, 0.1) is 10.1 Å². The van der Waals surface area contributed by atoms with Crippen LogP contribution < -0.4 is 5.73 Å². The molecule has 1 aromatic carbocycles. The molecule has 0 saturated heterocycles. The van der Waals surface area contributed by atoms with Crippen LogP contribution in [0.1, 0.15) is 19.5 Å². The van der Waals surface area contributed by atoms with E-state index in [4.69, 9.17) is 17.3 Å². The standard InChI is InChI=1S/C11H12ClN5O2/c1-11(2,13)10-6-16(15-14-10)9-5-7(17(18)19)3-4-8(9)12/h3-6H,13H2,1-2H3. The minimum Gasteiger partial charge on any atom is -0.320 e. The lowest BCUT2D eigenvalue weighted by molar-refractivity contribution is -0.384. The highest BCUT2D eigenvalue weighted by Gasteiger charge is 2.20. The van der Waals surface area contributed by atoms with Crippen LogP contribution in [-0.4, -0.2) is 19.9 Å². The molecule has 100 valence electrons. The zero-order valence-corrected chi connectivity index (χ0v) is 11.1. The van der Waals surface area contributed by atoms with Gasteiger partial charge in [0.05, 0.1) is 27.4 Å². The van der Waals surface area contributed by atoms with E-state index < -0.39 is 10.5 Å². The van der Waals surface area contributed by atoms with Crippen LogP contribution in [-0.2, 0) is 5.54 Å². The molecule has 2 N–H and O–H groups in total. The Hall–Kier alpha value is -1.99. The van der Waals surface area contributed by atoms with Gasteiger partial charge in [-0.2, -0.15) is 0 Å². The monoisotopic (exact) mass is 281 g/mol. The van der Waals surface area contributed by atoms with Crippen LogP contribution >= 0.6 is 11.6 Å². The van der Waals surface area contributed by atoms with Crippen LogP contribution in [0.3, 0.4) is 0 Å². The number of halogens is 1. The van der Waals surface area contributed by atoms with Crippen LogP contribution in [0.15, 0.2) is 24.4 Å². The average Bonchev–Trinajstić information content (AvgIpc) is 2.78. The van der Waals surface area contributed by atoms with Crippen molar-refractivity contribution < 1.29 is 4.92 Å². The summed E-state index contributed by atoms with van der Waals surface area (Å²) in [5.74, 6) is 0. The number of nitrogens with two attached hydrogens (primary N) is 1. The van der Waals surface area contributed by atoms with Gasteiger partial charge in [-0.1, -0.05) is 16.8 Å². The van der Waals surface area contributed by atoms with Crippen molar-refractivity contribution in [2.45, 2.75) is 19.4 Å². The summed E-state index contributed by atoms with van der Waals surface area (Å²) in [6.07, 6.45) is 1.60. The first-order valence-corrected chi connectivity index (χ1v) is 5.83. The van der Waals surface area contributed by atoms with Gasteiger partial charge in [0, 0.05) is 12.1 Å². The second-order valence-corrected chi connectivity index (χ2v) is 5.07. The summed E-state index contributed by atoms with van der Waals surface area (Å²) >= 11 is 6.02. The first kappa shape index (κ1) is 13.4. The maximum Gasteiger partial charge on any atom is 0.271 e. The third-order valence-electron chi connectivity index (χ3n) is 2.54. The van der Waals surface area contributed by atoms with Crippen molar-refractivity contribution in [1.82, 2.24) is 15.0 Å². The van der Waals surface area contributed by atoms with Crippen LogP contribution in [0.25, 0.3) is 5.69 Å².